The van der Waals surface area contributed by atoms with Gasteiger partial charge in [0.05, 0.1) is 18.4 Å². The molecule has 1 atom stereocenters. The number of anilines is 2. The highest BCUT2D eigenvalue weighted by molar-refractivity contribution is 6.51. The van der Waals surface area contributed by atoms with Gasteiger partial charge in [0.1, 0.15) is 23.3 Å². The van der Waals surface area contributed by atoms with E-state index in [1.54, 1.807) is 30.3 Å². The van der Waals surface area contributed by atoms with Crippen LogP contribution in [0, 0.1) is 12.8 Å². The molecule has 192 valence electrons. The van der Waals surface area contributed by atoms with E-state index in [0.29, 0.717) is 29.4 Å². The molecule has 37 heavy (non-hydrogen) atoms. The zero-order valence-corrected chi connectivity index (χ0v) is 21.4. The number of carbonyl (C=O) groups excluding carboxylic acids is 2. The van der Waals surface area contributed by atoms with Crippen LogP contribution < -0.4 is 14.5 Å². The minimum Gasteiger partial charge on any atom is -0.507 e. The van der Waals surface area contributed by atoms with E-state index in [9.17, 15) is 14.7 Å². The van der Waals surface area contributed by atoms with Gasteiger partial charge in [-0.05, 0) is 92.8 Å². The number of furan rings is 1. The summed E-state index contributed by atoms with van der Waals surface area (Å²) in [5, 5.41) is 11.3. The Balaban J connectivity index is 1.53. The highest BCUT2D eigenvalue weighted by atomic mass is 16.5. The Morgan fingerprint density at radius 1 is 1.05 bits per heavy atom. The SMILES string of the molecule is CCOc1ccc(/C(O)=C2/C(=O)C(=O)N(c3ccc(N4CCC(C)CC4)cc3)C2c2ccco2)cc1C. The first kappa shape index (κ1) is 24.7. The minimum atomic E-state index is -0.886. The third-order valence-corrected chi connectivity index (χ3v) is 7.28. The summed E-state index contributed by atoms with van der Waals surface area (Å²) in [7, 11) is 0. The van der Waals surface area contributed by atoms with Crippen LogP contribution in [0.4, 0.5) is 11.4 Å². The maximum absolute atomic E-state index is 13.3. The number of Topliss-reactive ketones (excluding diaryl/α,β-unsaturated/α-hetero) is 1. The molecule has 3 heterocycles. The third kappa shape index (κ3) is 4.61. The number of amides is 1. The molecule has 0 aliphatic carbocycles. The second-order valence-electron chi connectivity index (χ2n) is 9.78. The summed E-state index contributed by atoms with van der Waals surface area (Å²) in [5.41, 5.74) is 2.91. The standard InChI is InChI=1S/C30H32N2O5/c1-4-36-24-12-7-21(18-20(24)3)28(33)26-27(25-6-5-17-37-25)32(30(35)29(26)34)23-10-8-22(9-11-23)31-15-13-19(2)14-16-31/h5-12,17-19,27,33H,4,13-16H2,1-3H3/b28-26-. The highest BCUT2D eigenvalue weighted by Crippen LogP contribution is 2.43. The number of hydrogen-bond acceptors (Lipinski definition) is 6. The fourth-order valence-electron chi connectivity index (χ4n) is 5.18. The van der Waals surface area contributed by atoms with Crippen molar-refractivity contribution in [3.63, 3.8) is 0 Å². The van der Waals surface area contributed by atoms with E-state index in [-0.39, 0.29) is 11.3 Å². The molecule has 2 fully saturated rings. The first-order chi connectivity index (χ1) is 17.9. The molecule has 2 saturated heterocycles. The number of aryl methyl sites for hydroxylation is 1. The van der Waals surface area contributed by atoms with Crippen LogP contribution in [0.1, 0.15) is 49.6 Å². The lowest BCUT2D eigenvalue weighted by molar-refractivity contribution is -0.132. The molecule has 0 radical (unpaired) electrons. The van der Waals surface area contributed by atoms with Crippen molar-refractivity contribution in [2.24, 2.45) is 5.92 Å². The number of carbonyl (C=O) groups is 2. The van der Waals surface area contributed by atoms with Crippen LogP contribution in [0.25, 0.3) is 5.76 Å². The molecule has 0 bridgehead atoms. The van der Waals surface area contributed by atoms with Crippen LogP contribution in [-0.2, 0) is 9.59 Å². The molecule has 7 nitrogen and oxygen atoms in total. The second-order valence-corrected chi connectivity index (χ2v) is 9.78. The van der Waals surface area contributed by atoms with E-state index in [4.69, 9.17) is 9.15 Å². The van der Waals surface area contributed by atoms with Crippen molar-refractivity contribution in [3.05, 3.63) is 83.3 Å². The fraction of sp³-hybridized carbons (Fsp3) is 0.333. The van der Waals surface area contributed by atoms with Crippen LogP contribution in [0.15, 0.2) is 70.9 Å². The van der Waals surface area contributed by atoms with Crippen molar-refractivity contribution in [1.29, 1.82) is 0 Å². The molecule has 5 rings (SSSR count). The van der Waals surface area contributed by atoms with Crippen molar-refractivity contribution < 1.29 is 23.8 Å². The van der Waals surface area contributed by atoms with Crippen LogP contribution in [0.5, 0.6) is 5.75 Å². The smallest absolute Gasteiger partial charge is 0.300 e. The topological polar surface area (TPSA) is 83.2 Å². The van der Waals surface area contributed by atoms with E-state index in [1.807, 2.05) is 38.1 Å². The number of hydrogen-bond donors (Lipinski definition) is 1. The van der Waals surface area contributed by atoms with Crippen molar-refractivity contribution in [3.8, 4) is 5.75 Å². The molecule has 1 N–H and O–H groups in total. The molecular weight excluding hydrogens is 468 g/mol. The van der Waals surface area contributed by atoms with E-state index in [0.717, 1.165) is 43.1 Å². The van der Waals surface area contributed by atoms with Crippen LogP contribution in [0.2, 0.25) is 0 Å². The molecule has 2 aromatic carbocycles. The molecular formula is C30H32N2O5. The molecule has 7 heteroatoms. The third-order valence-electron chi connectivity index (χ3n) is 7.28. The largest absolute Gasteiger partial charge is 0.507 e. The van der Waals surface area contributed by atoms with E-state index in [1.165, 1.54) is 11.2 Å². The summed E-state index contributed by atoms with van der Waals surface area (Å²) in [5.74, 6) is 0.134. The summed E-state index contributed by atoms with van der Waals surface area (Å²) in [6.45, 7) is 8.57. The molecule has 2 aliphatic heterocycles. The van der Waals surface area contributed by atoms with Gasteiger partial charge in [0.2, 0.25) is 0 Å². The maximum atomic E-state index is 13.3. The zero-order chi connectivity index (χ0) is 26.1. The average molecular weight is 501 g/mol. The van der Waals surface area contributed by atoms with Crippen LogP contribution >= 0.6 is 0 Å². The van der Waals surface area contributed by atoms with Crippen molar-refractivity contribution in [2.75, 3.05) is 29.5 Å². The maximum Gasteiger partial charge on any atom is 0.300 e. The summed E-state index contributed by atoms with van der Waals surface area (Å²) < 4.78 is 11.3. The van der Waals surface area contributed by atoms with Gasteiger partial charge in [-0.3, -0.25) is 14.5 Å². The molecule has 1 aromatic heterocycles. The summed E-state index contributed by atoms with van der Waals surface area (Å²) in [4.78, 5) is 30.4. The van der Waals surface area contributed by atoms with Gasteiger partial charge in [-0.15, -0.1) is 0 Å². The lowest BCUT2D eigenvalue weighted by Crippen LogP contribution is -2.33. The van der Waals surface area contributed by atoms with Gasteiger partial charge in [-0.25, -0.2) is 0 Å². The number of aliphatic hydroxyl groups excluding tert-OH is 1. The van der Waals surface area contributed by atoms with Crippen LogP contribution in [-0.4, -0.2) is 36.5 Å². The fourth-order valence-corrected chi connectivity index (χ4v) is 5.18. The Labute approximate surface area is 216 Å². The lowest BCUT2D eigenvalue weighted by atomic mass is 9.98. The van der Waals surface area contributed by atoms with E-state index >= 15 is 0 Å². The van der Waals surface area contributed by atoms with Gasteiger partial charge in [-0.2, -0.15) is 0 Å². The molecule has 0 saturated carbocycles. The van der Waals surface area contributed by atoms with Crippen molar-refractivity contribution in [1.82, 2.24) is 0 Å². The number of rotatable bonds is 6. The highest BCUT2D eigenvalue weighted by Gasteiger charge is 2.48. The Morgan fingerprint density at radius 3 is 2.38 bits per heavy atom. The Kier molecular flexibility index (Phi) is 6.78. The average Bonchev–Trinajstić information content (AvgIpc) is 3.52. The van der Waals surface area contributed by atoms with Gasteiger partial charge >= 0.3 is 0 Å². The number of ether oxygens (including phenoxy) is 1. The van der Waals surface area contributed by atoms with Crippen molar-refractivity contribution in [2.45, 2.75) is 39.7 Å². The summed E-state index contributed by atoms with van der Waals surface area (Å²) >= 11 is 0. The first-order valence-electron chi connectivity index (χ1n) is 12.8. The Morgan fingerprint density at radius 2 is 1.76 bits per heavy atom. The van der Waals surface area contributed by atoms with E-state index < -0.39 is 17.7 Å². The molecule has 0 spiro atoms. The minimum absolute atomic E-state index is 0.00222. The van der Waals surface area contributed by atoms with Gasteiger partial charge in [0.25, 0.3) is 11.7 Å². The number of aliphatic hydroxyl groups is 1. The number of piperidine rings is 1. The number of nitrogens with zero attached hydrogens (tertiary/aromatic N) is 2. The summed E-state index contributed by atoms with van der Waals surface area (Å²) in [6.07, 6.45) is 3.80. The Hall–Kier alpha value is -4.00. The van der Waals surface area contributed by atoms with E-state index in [2.05, 4.69) is 11.8 Å². The molecule has 2 aliphatic rings. The van der Waals surface area contributed by atoms with Crippen molar-refractivity contribution >= 4 is 28.8 Å². The lowest BCUT2D eigenvalue weighted by Gasteiger charge is -2.32. The van der Waals surface area contributed by atoms with Gasteiger partial charge in [-0.1, -0.05) is 6.92 Å². The first-order valence-corrected chi connectivity index (χ1v) is 12.8. The predicted molar refractivity (Wildman–Crippen MR) is 143 cm³/mol. The quantitative estimate of drug-likeness (QED) is 0.260. The second kappa shape index (κ2) is 10.2. The zero-order valence-electron chi connectivity index (χ0n) is 21.4. The number of ketones is 1. The normalized spacial score (nSPS) is 20.0. The monoisotopic (exact) mass is 500 g/mol. The van der Waals surface area contributed by atoms with Gasteiger partial charge in [0, 0.05) is 30.0 Å². The predicted octanol–water partition coefficient (Wildman–Crippen LogP) is 5.85. The number of benzene rings is 2. The molecule has 1 amide bonds. The van der Waals surface area contributed by atoms with Gasteiger partial charge in [0.15, 0.2) is 0 Å². The Bertz CT molecular complexity index is 1320. The summed E-state index contributed by atoms with van der Waals surface area (Å²) in [6, 6.07) is 15.4. The van der Waals surface area contributed by atoms with Gasteiger partial charge < -0.3 is 19.2 Å². The molecule has 3 aromatic rings. The molecule has 1 unspecified atom stereocenters. The van der Waals surface area contributed by atoms with Crippen LogP contribution in [0.3, 0.4) is 0 Å².